The summed E-state index contributed by atoms with van der Waals surface area (Å²) in [6.07, 6.45) is 0.00431. The molecule has 0 spiro atoms. The van der Waals surface area contributed by atoms with Gasteiger partial charge in [-0.3, -0.25) is 4.79 Å². The van der Waals surface area contributed by atoms with E-state index in [1.54, 1.807) is 0 Å². The van der Waals surface area contributed by atoms with Gasteiger partial charge in [-0.15, -0.1) is 0 Å². The number of carboxylic acid groups (broad SMARTS) is 1. The third-order valence-corrected chi connectivity index (χ3v) is 4.55. The Labute approximate surface area is 137 Å². The Kier molecular flexibility index (Phi) is 3.79. The van der Waals surface area contributed by atoms with Crippen LogP contribution in [-0.2, 0) is 11.2 Å². The molecule has 3 aromatic rings. The van der Waals surface area contributed by atoms with Crippen LogP contribution >= 0.6 is 15.9 Å². The second-order valence-electron chi connectivity index (χ2n) is 5.49. The van der Waals surface area contributed by atoms with Crippen molar-refractivity contribution in [3.63, 3.8) is 0 Å². The average Bonchev–Trinajstić information content (AvgIpc) is 2.82. The van der Waals surface area contributed by atoms with Crippen LogP contribution in [0.3, 0.4) is 0 Å². The maximum atomic E-state index is 11.3. The molecule has 2 N–H and O–H groups in total. The van der Waals surface area contributed by atoms with E-state index in [9.17, 15) is 9.90 Å². The molecule has 1 heterocycles. The van der Waals surface area contributed by atoms with Crippen molar-refractivity contribution >= 4 is 32.8 Å². The number of rotatable bonds is 3. The van der Waals surface area contributed by atoms with Crippen LogP contribution in [0.5, 0.6) is 0 Å². The Morgan fingerprint density at radius 3 is 2.68 bits per heavy atom. The zero-order valence-electron chi connectivity index (χ0n) is 12.4. The fourth-order valence-corrected chi connectivity index (χ4v) is 3.19. The van der Waals surface area contributed by atoms with Gasteiger partial charge in [0.2, 0.25) is 0 Å². The first kappa shape index (κ1) is 14.9. The predicted octanol–water partition coefficient (Wildman–Crippen LogP) is 4.84. The number of aromatic nitrogens is 1. The fourth-order valence-electron chi connectivity index (χ4n) is 2.79. The maximum Gasteiger partial charge on any atom is 0.307 e. The normalized spacial score (nSPS) is 11.0. The lowest BCUT2D eigenvalue weighted by Gasteiger charge is -2.04. The second kappa shape index (κ2) is 5.61. The molecule has 0 saturated carbocycles. The highest BCUT2D eigenvalue weighted by atomic mass is 79.9. The maximum absolute atomic E-state index is 11.3. The molecule has 0 radical (unpaired) electrons. The molecule has 3 rings (SSSR count). The van der Waals surface area contributed by atoms with Gasteiger partial charge in [-0.1, -0.05) is 40.2 Å². The third kappa shape index (κ3) is 2.55. The van der Waals surface area contributed by atoms with Crippen molar-refractivity contribution in [2.75, 3.05) is 0 Å². The number of aromatic amines is 1. The first-order valence-electron chi connectivity index (χ1n) is 7.06. The topological polar surface area (TPSA) is 53.1 Å². The van der Waals surface area contributed by atoms with Crippen LogP contribution in [0.4, 0.5) is 0 Å². The summed E-state index contributed by atoms with van der Waals surface area (Å²) in [6, 6.07) is 11.9. The summed E-state index contributed by atoms with van der Waals surface area (Å²) < 4.78 is 0.970. The van der Waals surface area contributed by atoms with Crippen LogP contribution in [0.15, 0.2) is 40.9 Å². The van der Waals surface area contributed by atoms with E-state index >= 15 is 0 Å². The molecule has 0 fully saturated rings. The highest BCUT2D eigenvalue weighted by Gasteiger charge is 2.17. The number of aliphatic carboxylic acids is 1. The van der Waals surface area contributed by atoms with Gasteiger partial charge in [0.1, 0.15) is 0 Å². The van der Waals surface area contributed by atoms with Crippen molar-refractivity contribution in [3.8, 4) is 11.3 Å². The van der Waals surface area contributed by atoms with Crippen molar-refractivity contribution < 1.29 is 9.90 Å². The number of fused-ring (bicyclic) bond motifs is 1. The third-order valence-electron chi connectivity index (χ3n) is 4.05. The molecule has 0 aliphatic rings. The molecule has 0 aliphatic heterocycles. The van der Waals surface area contributed by atoms with E-state index in [2.05, 4.69) is 34.8 Å². The molecular formula is C18H16BrNO2. The predicted molar refractivity (Wildman–Crippen MR) is 92.2 cm³/mol. The summed E-state index contributed by atoms with van der Waals surface area (Å²) in [6.45, 7) is 4.12. The minimum Gasteiger partial charge on any atom is -0.481 e. The lowest BCUT2D eigenvalue weighted by atomic mass is 10.0. The molecule has 2 aromatic carbocycles. The summed E-state index contributed by atoms with van der Waals surface area (Å²) in [5.41, 5.74) is 6.07. The summed E-state index contributed by atoms with van der Waals surface area (Å²) in [4.78, 5) is 14.7. The molecule has 0 saturated heterocycles. The highest BCUT2D eigenvalue weighted by Crippen LogP contribution is 2.34. The zero-order chi connectivity index (χ0) is 15.9. The molecule has 22 heavy (non-hydrogen) atoms. The van der Waals surface area contributed by atoms with Crippen LogP contribution < -0.4 is 0 Å². The molecule has 3 nitrogen and oxygen atoms in total. The fraction of sp³-hybridized carbons (Fsp3) is 0.167. The van der Waals surface area contributed by atoms with Crippen molar-refractivity contribution in [3.05, 3.63) is 57.6 Å². The van der Waals surface area contributed by atoms with Crippen LogP contribution in [0.1, 0.15) is 16.7 Å². The van der Waals surface area contributed by atoms with Gasteiger partial charge < -0.3 is 10.1 Å². The summed E-state index contributed by atoms with van der Waals surface area (Å²) >= 11 is 3.47. The Morgan fingerprint density at radius 2 is 2.00 bits per heavy atom. The van der Waals surface area contributed by atoms with Crippen molar-refractivity contribution in [2.24, 2.45) is 0 Å². The van der Waals surface area contributed by atoms with Gasteiger partial charge >= 0.3 is 5.97 Å². The summed E-state index contributed by atoms with van der Waals surface area (Å²) in [5, 5.41) is 10.3. The first-order chi connectivity index (χ1) is 10.5. The standard InChI is InChI=1S/C18H16BrNO2/c1-10-6-7-14-15(9-16(21)22)18(20-17(14)11(10)2)12-4-3-5-13(19)8-12/h3-8,20H,9H2,1-2H3,(H,21,22). The smallest absolute Gasteiger partial charge is 0.307 e. The molecule has 0 atom stereocenters. The minimum atomic E-state index is -0.824. The van der Waals surface area contributed by atoms with Crippen LogP contribution in [-0.4, -0.2) is 16.1 Å². The number of halogens is 1. The van der Waals surface area contributed by atoms with E-state index < -0.39 is 5.97 Å². The van der Waals surface area contributed by atoms with Gasteiger partial charge in [0, 0.05) is 15.4 Å². The van der Waals surface area contributed by atoms with E-state index in [0.29, 0.717) is 0 Å². The van der Waals surface area contributed by atoms with Crippen molar-refractivity contribution in [2.45, 2.75) is 20.3 Å². The first-order valence-corrected chi connectivity index (χ1v) is 7.85. The van der Waals surface area contributed by atoms with Crippen molar-refractivity contribution in [1.82, 2.24) is 4.98 Å². The Balaban J connectivity index is 2.33. The van der Waals surface area contributed by atoms with E-state index in [4.69, 9.17) is 0 Å². The molecular weight excluding hydrogens is 342 g/mol. The minimum absolute atomic E-state index is 0.00431. The van der Waals surface area contributed by atoms with Crippen LogP contribution in [0, 0.1) is 13.8 Å². The Morgan fingerprint density at radius 1 is 1.23 bits per heavy atom. The number of carboxylic acids is 1. The molecule has 0 bridgehead atoms. The number of H-pyrrole nitrogens is 1. The number of benzene rings is 2. The summed E-state index contributed by atoms with van der Waals surface area (Å²) in [7, 11) is 0. The van der Waals surface area contributed by atoms with E-state index in [1.807, 2.05) is 36.4 Å². The molecule has 112 valence electrons. The van der Waals surface area contributed by atoms with Crippen molar-refractivity contribution in [1.29, 1.82) is 0 Å². The number of carbonyl (C=O) groups is 1. The number of nitrogens with one attached hydrogen (secondary N) is 1. The molecule has 4 heteroatoms. The van der Waals surface area contributed by atoms with Crippen LogP contribution in [0.25, 0.3) is 22.2 Å². The average molecular weight is 358 g/mol. The number of aryl methyl sites for hydroxylation is 2. The zero-order valence-corrected chi connectivity index (χ0v) is 14.0. The second-order valence-corrected chi connectivity index (χ2v) is 6.41. The molecule has 1 aromatic heterocycles. The number of hydrogen-bond donors (Lipinski definition) is 2. The largest absolute Gasteiger partial charge is 0.481 e. The quantitative estimate of drug-likeness (QED) is 0.704. The van der Waals surface area contributed by atoms with Gasteiger partial charge in [-0.25, -0.2) is 0 Å². The van der Waals surface area contributed by atoms with Crippen LogP contribution in [0.2, 0.25) is 0 Å². The SMILES string of the molecule is Cc1ccc2c(CC(=O)O)c(-c3cccc(Br)c3)[nH]c2c1C. The highest BCUT2D eigenvalue weighted by molar-refractivity contribution is 9.10. The van der Waals surface area contributed by atoms with Gasteiger partial charge in [-0.05, 0) is 48.2 Å². The molecule has 0 aliphatic carbocycles. The van der Waals surface area contributed by atoms with Gasteiger partial charge in [-0.2, -0.15) is 0 Å². The van der Waals surface area contributed by atoms with Gasteiger partial charge in [0.15, 0.2) is 0 Å². The lowest BCUT2D eigenvalue weighted by molar-refractivity contribution is -0.136. The van der Waals surface area contributed by atoms with E-state index in [1.165, 1.54) is 5.56 Å². The molecule has 0 unspecified atom stereocenters. The number of hydrogen-bond acceptors (Lipinski definition) is 1. The van der Waals surface area contributed by atoms with Gasteiger partial charge in [0.25, 0.3) is 0 Å². The van der Waals surface area contributed by atoms with E-state index in [-0.39, 0.29) is 6.42 Å². The Bertz CT molecular complexity index is 880. The summed E-state index contributed by atoms with van der Waals surface area (Å²) in [5.74, 6) is -0.824. The lowest BCUT2D eigenvalue weighted by Crippen LogP contribution is -2.01. The molecule has 0 amide bonds. The van der Waals surface area contributed by atoms with E-state index in [0.717, 1.165) is 37.8 Å². The monoisotopic (exact) mass is 357 g/mol. The Hall–Kier alpha value is -2.07. The van der Waals surface area contributed by atoms with Gasteiger partial charge in [0.05, 0.1) is 12.1 Å².